The van der Waals surface area contributed by atoms with Crippen LogP contribution >= 0.6 is 0 Å². The Hall–Kier alpha value is -5.41. The number of hydrogen-bond donors (Lipinski definition) is 5. The number of aromatic amines is 2. The number of fused-ring (bicyclic) bond motifs is 4. The topological polar surface area (TPSA) is 157 Å². The fourth-order valence-electron chi connectivity index (χ4n) is 6.03. The van der Waals surface area contributed by atoms with Gasteiger partial charge in [-0.1, -0.05) is 24.3 Å². The predicted molar refractivity (Wildman–Crippen MR) is 164 cm³/mol. The average Bonchev–Trinajstić information content (AvgIpc) is 3.84. The van der Waals surface area contributed by atoms with Crippen molar-refractivity contribution in [2.24, 2.45) is 5.73 Å². The Bertz CT molecular complexity index is 2070. The summed E-state index contributed by atoms with van der Waals surface area (Å²) in [5.41, 5.74) is 14.2. The molecule has 10 nitrogen and oxygen atoms in total. The van der Waals surface area contributed by atoms with E-state index in [1.807, 2.05) is 30.3 Å². The van der Waals surface area contributed by atoms with Crippen molar-refractivity contribution < 1.29 is 8.78 Å². The minimum atomic E-state index is -0.499. The Morgan fingerprint density at radius 1 is 0.773 bits per heavy atom. The lowest BCUT2D eigenvalue weighted by Crippen LogP contribution is -2.01. The Labute approximate surface area is 250 Å². The van der Waals surface area contributed by atoms with E-state index in [-0.39, 0.29) is 23.9 Å². The molecule has 0 bridgehead atoms. The van der Waals surface area contributed by atoms with E-state index in [1.54, 1.807) is 0 Å². The van der Waals surface area contributed by atoms with Gasteiger partial charge in [0, 0.05) is 23.3 Å². The van der Waals surface area contributed by atoms with Crippen molar-refractivity contribution in [3.63, 3.8) is 0 Å². The molecule has 2 aliphatic rings. The van der Waals surface area contributed by atoms with Gasteiger partial charge >= 0.3 is 0 Å². The summed E-state index contributed by atoms with van der Waals surface area (Å²) in [5.74, 6) is -0.577. The molecule has 44 heavy (non-hydrogen) atoms. The molecule has 4 aromatic heterocycles. The standard InChI is InChI=1S/C16H16FN5.C16H12FN5/c2*17-12-7-11-14(8-18)21-22-15(11)20-16(12)19-13-6-2-4-9-3-1-5-10(9)13/h2,4,6-7H,1,3,5,8,18H2,(H2,19,20,21,22);2,4,6-7H,1,3,5H2,(H2,19,20,21,22). The first kappa shape index (κ1) is 27.4. The minimum Gasteiger partial charge on any atom is -0.337 e. The molecule has 0 amide bonds. The van der Waals surface area contributed by atoms with Gasteiger partial charge in [0.25, 0.3) is 0 Å². The second-order valence-electron chi connectivity index (χ2n) is 10.8. The van der Waals surface area contributed by atoms with E-state index < -0.39 is 11.6 Å². The first-order valence-corrected chi connectivity index (χ1v) is 14.5. The van der Waals surface area contributed by atoms with E-state index in [0.29, 0.717) is 27.8 Å². The maximum absolute atomic E-state index is 14.3. The lowest BCUT2D eigenvalue weighted by Gasteiger charge is -2.11. The van der Waals surface area contributed by atoms with Crippen LogP contribution in [0.4, 0.5) is 31.8 Å². The summed E-state index contributed by atoms with van der Waals surface area (Å²) in [5, 5.41) is 29.5. The number of H-pyrrole nitrogens is 2. The van der Waals surface area contributed by atoms with Crippen LogP contribution in [0.2, 0.25) is 0 Å². The number of nitrogens with zero attached hydrogens (tertiary/aromatic N) is 5. The Kier molecular flexibility index (Phi) is 7.07. The summed E-state index contributed by atoms with van der Waals surface area (Å²) in [6.45, 7) is 0.274. The smallest absolute Gasteiger partial charge is 0.184 e. The van der Waals surface area contributed by atoms with Crippen molar-refractivity contribution in [3.05, 3.63) is 93.8 Å². The van der Waals surface area contributed by atoms with Crippen molar-refractivity contribution in [2.45, 2.75) is 45.1 Å². The molecule has 0 atom stereocenters. The van der Waals surface area contributed by atoms with Crippen molar-refractivity contribution in [1.82, 2.24) is 30.4 Å². The van der Waals surface area contributed by atoms with Gasteiger partial charge in [-0.05, 0) is 85.0 Å². The molecule has 8 rings (SSSR count). The molecule has 4 heterocycles. The highest BCUT2D eigenvalue weighted by atomic mass is 19.1. The second-order valence-corrected chi connectivity index (χ2v) is 10.8. The number of nitrogens with two attached hydrogens (primary N) is 1. The summed E-state index contributed by atoms with van der Waals surface area (Å²) < 4.78 is 28.6. The summed E-state index contributed by atoms with van der Waals surface area (Å²) in [6, 6.07) is 16.7. The van der Waals surface area contributed by atoms with E-state index >= 15 is 0 Å². The first-order valence-electron chi connectivity index (χ1n) is 14.5. The van der Waals surface area contributed by atoms with Gasteiger partial charge in [-0.3, -0.25) is 10.2 Å². The Balaban J connectivity index is 0.000000142. The predicted octanol–water partition coefficient (Wildman–Crippen LogP) is 5.99. The molecule has 12 heteroatoms. The molecule has 220 valence electrons. The Morgan fingerprint density at radius 3 is 1.89 bits per heavy atom. The van der Waals surface area contributed by atoms with Crippen LogP contribution in [0.1, 0.15) is 46.5 Å². The zero-order valence-electron chi connectivity index (χ0n) is 23.6. The fourth-order valence-corrected chi connectivity index (χ4v) is 6.03. The van der Waals surface area contributed by atoms with E-state index in [2.05, 4.69) is 53.1 Å². The number of hydrogen-bond acceptors (Lipinski definition) is 8. The quantitative estimate of drug-likeness (QED) is 0.164. The molecular weight excluding hydrogens is 562 g/mol. The normalized spacial score (nSPS) is 13.3. The van der Waals surface area contributed by atoms with Gasteiger partial charge in [0.05, 0.1) is 11.1 Å². The molecule has 2 aromatic carbocycles. The van der Waals surface area contributed by atoms with Crippen molar-refractivity contribution in [2.75, 3.05) is 10.6 Å². The third kappa shape index (κ3) is 4.97. The minimum absolute atomic E-state index is 0.129. The summed E-state index contributed by atoms with van der Waals surface area (Å²) in [7, 11) is 0. The summed E-state index contributed by atoms with van der Waals surface area (Å²) in [4.78, 5) is 8.46. The number of aryl methyl sites for hydroxylation is 2. The van der Waals surface area contributed by atoms with Gasteiger partial charge < -0.3 is 16.4 Å². The molecule has 0 aliphatic heterocycles. The van der Waals surface area contributed by atoms with Gasteiger partial charge in [-0.2, -0.15) is 15.5 Å². The summed E-state index contributed by atoms with van der Waals surface area (Å²) in [6.07, 6.45) is 6.41. The van der Waals surface area contributed by atoms with Crippen molar-refractivity contribution in [3.8, 4) is 6.07 Å². The van der Waals surface area contributed by atoms with Gasteiger partial charge in [-0.15, -0.1) is 0 Å². The van der Waals surface area contributed by atoms with Crippen LogP contribution in [0, 0.1) is 23.0 Å². The second kappa shape index (κ2) is 11.3. The van der Waals surface area contributed by atoms with Crippen LogP contribution < -0.4 is 16.4 Å². The zero-order valence-corrected chi connectivity index (χ0v) is 23.6. The average molecular weight is 591 g/mol. The molecular formula is C32H28F2N10. The van der Waals surface area contributed by atoms with E-state index in [4.69, 9.17) is 11.0 Å². The van der Waals surface area contributed by atoms with Crippen LogP contribution in [-0.2, 0) is 32.2 Å². The molecule has 0 unspecified atom stereocenters. The highest BCUT2D eigenvalue weighted by Crippen LogP contribution is 2.33. The first-order chi connectivity index (χ1) is 21.5. The SMILES string of the molecule is N#Cc1[nH]nc2nc(Nc3cccc4c3CCC4)c(F)cc12.NCc1[nH]nc2nc(Nc3cccc4c3CCC4)c(F)cc12. The van der Waals surface area contributed by atoms with Gasteiger partial charge in [0.15, 0.2) is 34.6 Å². The molecule has 0 radical (unpaired) electrons. The molecule has 0 saturated carbocycles. The van der Waals surface area contributed by atoms with Crippen molar-refractivity contribution >= 4 is 45.1 Å². The third-order valence-corrected chi connectivity index (χ3v) is 8.19. The number of benzene rings is 2. The zero-order chi connectivity index (χ0) is 30.2. The van der Waals surface area contributed by atoms with Gasteiger partial charge in [-0.25, -0.2) is 18.7 Å². The van der Waals surface area contributed by atoms with Gasteiger partial charge in [0.1, 0.15) is 11.8 Å². The molecule has 2 aliphatic carbocycles. The molecule has 0 fully saturated rings. The Morgan fingerprint density at radius 2 is 1.32 bits per heavy atom. The van der Waals surface area contributed by atoms with Crippen LogP contribution in [0.15, 0.2) is 48.5 Å². The monoisotopic (exact) mass is 590 g/mol. The number of anilines is 4. The van der Waals surface area contributed by atoms with Crippen LogP contribution in [0.3, 0.4) is 0 Å². The number of aromatic nitrogens is 6. The number of halogens is 2. The fraction of sp³-hybridized carbons (Fsp3) is 0.219. The number of rotatable bonds is 5. The van der Waals surface area contributed by atoms with E-state index in [0.717, 1.165) is 49.9 Å². The molecule has 0 saturated heterocycles. The molecule has 0 spiro atoms. The summed E-state index contributed by atoms with van der Waals surface area (Å²) >= 11 is 0. The number of nitrogens with one attached hydrogen (secondary N) is 4. The van der Waals surface area contributed by atoms with Crippen LogP contribution in [0.25, 0.3) is 22.1 Å². The largest absolute Gasteiger partial charge is 0.337 e. The van der Waals surface area contributed by atoms with Crippen LogP contribution in [-0.4, -0.2) is 30.4 Å². The number of nitriles is 1. The van der Waals surface area contributed by atoms with E-state index in [9.17, 15) is 8.78 Å². The van der Waals surface area contributed by atoms with E-state index in [1.165, 1.54) is 34.4 Å². The lowest BCUT2D eigenvalue weighted by molar-refractivity contribution is 0.628. The van der Waals surface area contributed by atoms with Crippen molar-refractivity contribution in [1.29, 1.82) is 5.26 Å². The maximum atomic E-state index is 14.3. The number of pyridine rings is 2. The van der Waals surface area contributed by atoms with Gasteiger partial charge in [0.2, 0.25) is 0 Å². The lowest BCUT2D eigenvalue weighted by atomic mass is 10.1. The van der Waals surface area contributed by atoms with Crippen LogP contribution in [0.5, 0.6) is 0 Å². The highest BCUT2D eigenvalue weighted by molar-refractivity contribution is 5.83. The molecule has 6 aromatic rings. The highest BCUT2D eigenvalue weighted by Gasteiger charge is 2.19. The molecule has 6 N–H and O–H groups in total. The third-order valence-electron chi connectivity index (χ3n) is 8.19. The maximum Gasteiger partial charge on any atom is 0.184 e.